The summed E-state index contributed by atoms with van der Waals surface area (Å²) in [5.74, 6) is 0.284. The van der Waals surface area contributed by atoms with Gasteiger partial charge in [0.25, 0.3) is 0 Å². The second-order valence-corrected chi connectivity index (χ2v) is 5.68. The first-order chi connectivity index (χ1) is 9.02. The van der Waals surface area contributed by atoms with Gasteiger partial charge in [-0.05, 0) is 29.8 Å². The quantitative estimate of drug-likeness (QED) is 0.642. The number of rotatable bonds is 3. The Kier molecular flexibility index (Phi) is 4.71. The van der Waals surface area contributed by atoms with Crippen molar-refractivity contribution in [2.45, 2.75) is 4.83 Å². The molecule has 0 saturated carbocycles. The lowest BCUT2D eigenvalue weighted by atomic mass is 10.0. The molecule has 19 heavy (non-hydrogen) atoms. The number of benzene rings is 2. The van der Waals surface area contributed by atoms with Crippen molar-refractivity contribution in [1.29, 1.82) is 0 Å². The molecular formula is C14H10BrCl2FO. The largest absolute Gasteiger partial charge is 0.497 e. The number of hydrogen-bond donors (Lipinski definition) is 0. The van der Waals surface area contributed by atoms with Gasteiger partial charge >= 0.3 is 0 Å². The number of alkyl halides is 1. The first-order valence-electron chi connectivity index (χ1n) is 5.45. The third-order valence-electron chi connectivity index (χ3n) is 2.72. The molecule has 0 amide bonds. The molecule has 0 spiro atoms. The Morgan fingerprint density at radius 3 is 2.37 bits per heavy atom. The van der Waals surface area contributed by atoms with Crippen LogP contribution in [0, 0.1) is 5.82 Å². The Hall–Kier alpha value is -0.770. The van der Waals surface area contributed by atoms with E-state index in [9.17, 15) is 4.39 Å². The van der Waals surface area contributed by atoms with E-state index in [0.29, 0.717) is 21.4 Å². The van der Waals surface area contributed by atoms with Crippen molar-refractivity contribution >= 4 is 39.1 Å². The molecule has 1 nitrogen and oxygen atoms in total. The third kappa shape index (κ3) is 3.22. The van der Waals surface area contributed by atoms with Crippen molar-refractivity contribution in [3.05, 3.63) is 63.4 Å². The van der Waals surface area contributed by atoms with E-state index in [4.69, 9.17) is 27.9 Å². The van der Waals surface area contributed by atoms with Crippen LogP contribution in [0.4, 0.5) is 4.39 Å². The Balaban J connectivity index is 2.41. The van der Waals surface area contributed by atoms with Crippen molar-refractivity contribution in [2.24, 2.45) is 0 Å². The average Bonchev–Trinajstić information content (AvgIpc) is 2.37. The molecular weight excluding hydrogens is 354 g/mol. The summed E-state index contributed by atoms with van der Waals surface area (Å²) in [6.07, 6.45) is 0. The highest BCUT2D eigenvalue weighted by atomic mass is 79.9. The molecule has 1 unspecified atom stereocenters. The summed E-state index contributed by atoms with van der Waals surface area (Å²) < 4.78 is 19.0. The van der Waals surface area contributed by atoms with E-state index in [1.54, 1.807) is 37.4 Å². The lowest BCUT2D eigenvalue weighted by Crippen LogP contribution is -1.98. The summed E-state index contributed by atoms with van der Waals surface area (Å²) in [4.78, 5) is -0.344. The second kappa shape index (κ2) is 6.12. The normalized spacial score (nSPS) is 12.3. The first-order valence-corrected chi connectivity index (χ1v) is 7.12. The smallest absolute Gasteiger partial charge is 0.129 e. The van der Waals surface area contributed by atoms with Crippen molar-refractivity contribution < 1.29 is 9.13 Å². The number of halogens is 4. The lowest BCUT2D eigenvalue weighted by Gasteiger charge is -2.14. The fraction of sp³-hybridized carbons (Fsp3) is 0.143. The summed E-state index contributed by atoms with van der Waals surface area (Å²) in [7, 11) is 1.57. The summed E-state index contributed by atoms with van der Waals surface area (Å²) >= 11 is 15.4. The van der Waals surface area contributed by atoms with E-state index in [-0.39, 0.29) is 10.6 Å². The fourth-order valence-electron chi connectivity index (χ4n) is 1.71. The molecule has 0 aromatic heterocycles. The molecule has 0 fully saturated rings. The summed E-state index contributed by atoms with van der Waals surface area (Å²) in [6.45, 7) is 0. The van der Waals surface area contributed by atoms with E-state index >= 15 is 0 Å². The molecule has 0 N–H and O–H groups in total. The maximum atomic E-state index is 13.9. The highest BCUT2D eigenvalue weighted by molar-refractivity contribution is 9.09. The highest BCUT2D eigenvalue weighted by Crippen LogP contribution is 2.38. The zero-order chi connectivity index (χ0) is 14.0. The lowest BCUT2D eigenvalue weighted by molar-refractivity contribution is 0.414. The molecule has 0 bridgehead atoms. The molecule has 1 atom stereocenters. The maximum Gasteiger partial charge on any atom is 0.129 e. The minimum absolute atomic E-state index is 0.344. The van der Waals surface area contributed by atoms with Gasteiger partial charge < -0.3 is 4.74 Å². The van der Waals surface area contributed by atoms with Gasteiger partial charge in [-0.1, -0.05) is 51.3 Å². The predicted molar refractivity (Wildman–Crippen MR) is 80.2 cm³/mol. The van der Waals surface area contributed by atoms with Crippen molar-refractivity contribution in [3.63, 3.8) is 0 Å². The molecule has 2 rings (SSSR count). The average molecular weight is 364 g/mol. The minimum atomic E-state index is -0.374. The summed E-state index contributed by atoms with van der Waals surface area (Å²) in [6, 6.07) is 9.84. The number of ether oxygens (including phenoxy) is 1. The van der Waals surface area contributed by atoms with Gasteiger partial charge in [-0.15, -0.1) is 0 Å². The standard InChI is InChI=1S/C14H10BrCl2FO/c1-19-9-3-5-10(12(17)7-9)14(15)11-4-2-8(16)6-13(11)18/h2-7,14H,1H3. The van der Waals surface area contributed by atoms with Crippen LogP contribution < -0.4 is 4.74 Å². The molecule has 5 heteroatoms. The molecule has 0 aliphatic heterocycles. The van der Waals surface area contributed by atoms with Gasteiger partial charge in [0.15, 0.2) is 0 Å². The van der Waals surface area contributed by atoms with Crippen molar-refractivity contribution in [1.82, 2.24) is 0 Å². The number of hydrogen-bond acceptors (Lipinski definition) is 1. The van der Waals surface area contributed by atoms with Gasteiger partial charge in [-0.3, -0.25) is 0 Å². The van der Waals surface area contributed by atoms with Crippen LogP contribution in [0.15, 0.2) is 36.4 Å². The Labute approximate surface area is 129 Å². The Morgan fingerprint density at radius 2 is 1.79 bits per heavy atom. The molecule has 0 radical (unpaired) electrons. The molecule has 0 aliphatic rings. The number of methoxy groups -OCH3 is 1. The van der Waals surface area contributed by atoms with Crippen molar-refractivity contribution in [2.75, 3.05) is 7.11 Å². The monoisotopic (exact) mass is 362 g/mol. The molecule has 0 aliphatic carbocycles. The van der Waals surface area contributed by atoms with Gasteiger partial charge in [0, 0.05) is 15.6 Å². The Morgan fingerprint density at radius 1 is 1.11 bits per heavy atom. The Bertz CT molecular complexity index is 604. The van der Waals surface area contributed by atoms with Gasteiger partial charge in [0.1, 0.15) is 11.6 Å². The summed E-state index contributed by atoms with van der Waals surface area (Å²) in [5.41, 5.74) is 1.25. The zero-order valence-corrected chi connectivity index (χ0v) is 13.1. The van der Waals surface area contributed by atoms with Crippen molar-refractivity contribution in [3.8, 4) is 5.75 Å². The van der Waals surface area contributed by atoms with Crippen LogP contribution >= 0.6 is 39.1 Å². The molecule has 0 heterocycles. The van der Waals surface area contributed by atoms with Crippen LogP contribution in [0.5, 0.6) is 5.75 Å². The van der Waals surface area contributed by atoms with Crippen LogP contribution in [0.3, 0.4) is 0 Å². The minimum Gasteiger partial charge on any atom is -0.497 e. The second-order valence-electron chi connectivity index (χ2n) is 3.92. The van der Waals surface area contributed by atoms with Crippen LogP contribution in [-0.2, 0) is 0 Å². The van der Waals surface area contributed by atoms with Crippen LogP contribution in [0.1, 0.15) is 16.0 Å². The van der Waals surface area contributed by atoms with E-state index in [0.717, 1.165) is 5.56 Å². The fourth-order valence-corrected chi connectivity index (χ4v) is 3.06. The van der Waals surface area contributed by atoms with E-state index < -0.39 is 0 Å². The maximum absolute atomic E-state index is 13.9. The zero-order valence-electron chi connectivity index (χ0n) is 9.96. The van der Waals surface area contributed by atoms with E-state index in [1.807, 2.05) is 0 Å². The molecule has 100 valence electrons. The van der Waals surface area contributed by atoms with E-state index in [2.05, 4.69) is 15.9 Å². The van der Waals surface area contributed by atoms with Crippen LogP contribution in [0.25, 0.3) is 0 Å². The van der Waals surface area contributed by atoms with Crippen LogP contribution in [0.2, 0.25) is 10.0 Å². The third-order valence-corrected chi connectivity index (χ3v) is 4.27. The van der Waals surface area contributed by atoms with Gasteiger partial charge in [-0.25, -0.2) is 4.39 Å². The molecule has 0 saturated heterocycles. The topological polar surface area (TPSA) is 9.23 Å². The van der Waals surface area contributed by atoms with Gasteiger partial charge in [0.2, 0.25) is 0 Å². The molecule has 2 aromatic carbocycles. The SMILES string of the molecule is COc1ccc(C(Br)c2ccc(Cl)cc2F)c(Cl)c1. The van der Waals surface area contributed by atoms with E-state index in [1.165, 1.54) is 6.07 Å². The first kappa shape index (κ1) is 14.6. The highest BCUT2D eigenvalue weighted by Gasteiger charge is 2.18. The summed E-state index contributed by atoms with van der Waals surface area (Å²) in [5, 5.41) is 0.873. The van der Waals surface area contributed by atoms with Crippen LogP contribution in [-0.4, -0.2) is 7.11 Å². The molecule has 2 aromatic rings. The van der Waals surface area contributed by atoms with Gasteiger partial charge in [-0.2, -0.15) is 0 Å². The van der Waals surface area contributed by atoms with Gasteiger partial charge in [0.05, 0.1) is 11.9 Å². The predicted octanol–water partition coefficient (Wildman–Crippen LogP) is 5.63.